The maximum absolute atomic E-state index is 13.3. The van der Waals surface area contributed by atoms with E-state index in [1.807, 2.05) is 0 Å². The number of carbonyl (C=O) groups excluding carboxylic acids is 2. The van der Waals surface area contributed by atoms with Crippen molar-refractivity contribution in [3.05, 3.63) is 0 Å². The molecule has 2 rings (SSSR count). The molecule has 2 fully saturated rings. The molecule has 2 N–H and O–H groups in total. The van der Waals surface area contributed by atoms with Gasteiger partial charge in [-0.05, 0) is 47.0 Å². The SMILES string of the molecule is CNC(=O)O[C@@H]([C@@H]1OC(C)(C)N(C(=O)OC(C)(C)C)[C@H]1CC1CCCCC1)[C@@H](Br)C(=O)O. The van der Waals surface area contributed by atoms with Gasteiger partial charge in [-0.15, -0.1) is 0 Å². The van der Waals surface area contributed by atoms with Crippen molar-refractivity contribution in [3.8, 4) is 0 Å². The molecule has 0 radical (unpaired) electrons. The molecule has 2 amide bonds. The van der Waals surface area contributed by atoms with Crippen LogP contribution in [0.1, 0.15) is 73.1 Å². The molecule has 1 saturated carbocycles. The molecule has 2 aliphatic rings. The van der Waals surface area contributed by atoms with Gasteiger partial charge in [-0.1, -0.05) is 48.0 Å². The van der Waals surface area contributed by atoms with Crippen molar-refractivity contribution in [1.82, 2.24) is 10.2 Å². The summed E-state index contributed by atoms with van der Waals surface area (Å²) in [5.74, 6) is -0.828. The molecule has 184 valence electrons. The summed E-state index contributed by atoms with van der Waals surface area (Å²) in [4.78, 5) is 37.5. The van der Waals surface area contributed by atoms with E-state index < -0.39 is 52.6 Å². The molecular formula is C22H37BrN2O7. The van der Waals surface area contributed by atoms with Gasteiger partial charge >= 0.3 is 18.2 Å². The minimum atomic E-state index is -1.21. The summed E-state index contributed by atoms with van der Waals surface area (Å²) in [6, 6.07) is -0.517. The number of halogens is 1. The molecule has 4 atom stereocenters. The molecule has 0 aromatic rings. The van der Waals surface area contributed by atoms with E-state index >= 15 is 0 Å². The van der Waals surface area contributed by atoms with Gasteiger partial charge in [0, 0.05) is 7.05 Å². The number of alkyl halides is 1. The number of amides is 2. The van der Waals surface area contributed by atoms with Gasteiger partial charge in [0.1, 0.15) is 17.4 Å². The van der Waals surface area contributed by atoms with E-state index in [4.69, 9.17) is 14.2 Å². The summed E-state index contributed by atoms with van der Waals surface area (Å²) in [5, 5.41) is 12.0. The van der Waals surface area contributed by atoms with E-state index in [1.54, 1.807) is 39.5 Å². The predicted octanol–water partition coefficient (Wildman–Crippen LogP) is 4.27. The Bertz CT molecular complexity index is 688. The lowest BCUT2D eigenvalue weighted by Crippen LogP contribution is -2.53. The lowest BCUT2D eigenvalue weighted by Gasteiger charge is -2.37. The first-order valence-corrected chi connectivity index (χ1v) is 12.1. The maximum Gasteiger partial charge on any atom is 0.412 e. The van der Waals surface area contributed by atoms with Crippen LogP contribution in [0.15, 0.2) is 0 Å². The second kappa shape index (κ2) is 10.6. The average molecular weight is 521 g/mol. The van der Waals surface area contributed by atoms with Crippen LogP contribution in [-0.4, -0.2) is 69.6 Å². The van der Waals surface area contributed by atoms with Gasteiger partial charge < -0.3 is 24.6 Å². The summed E-state index contributed by atoms with van der Waals surface area (Å²) in [7, 11) is 1.40. The van der Waals surface area contributed by atoms with Crippen LogP contribution < -0.4 is 5.32 Å². The Labute approximate surface area is 198 Å². The lowest BCUT2D eigenvalue weighted by atomic mass is 9.82. The highest BCUT2D eigenvalue weighted by Gasteiger charge is 2.56. The first kappa shape index (κ1) is 26.7. The van der Waals surface area contributed by atoms with Gasteiger partial charge in [-0.3, -0.25) is 9.69 Å². The van der Waals surface area contributed by atoms with Crippen LogP contribution in [0.2, 0.25) is 0 Å². The van der Waals surface area contributed by atoms with Crippen molar-refractivity contribution in [2.75, 3.05) is 7.05 Å². The topological polar surface area (TPSA) is 114 Å². The first-order valence-electron chi connectivity index (χ1n) is 11.2. The van der Waals surface area contributed by atoms with E-state index in [1.165, 1.54) is 13.5 Å². The molecule has 0 aromatic carbocycles. The van der Waals surface area contributed by atoms with Gasteiger partial charge in [-0.2, -0.15) is 0 Å². The number of hydrogen-bond donors (Lipinski definition) is 2. The number of aliphatic carboxylic acids is 1. The largest absolute Gasteiger partial charge is 0.480 e. The summed E-state index contributed by atoms with van der Waals surface area (Å²) >= 11 is 3.15. The number of hydrogen-bond acceptors (Lipinski definition) is 6. The summed E-state index contributed by atoms with van der Waals surface area (Å²) in [6.45, 7) is 8.86. The highest BCUT2D eigenvalue weighted by Crippen LogP contribution is 2.42. The average Bonchev–Trinajstić information content (AvgIpc) is 2.94. The van der Waals surface area contributed by atoms with E-state index in [0.29, 0.717) is 12.3 Å². The predicted molar refractivity (Wildman–Crippen MR) is 122 cm³/mol. The van der Waals surface area contributed by atoms with E-state index in [2.05, 4.69) is 21.2 Å². The number of alkyl carbamates (subject to hydrolysis) is 1. The van der Waals surface area contributed by atoms with Crippen molar-refractivity contribution in [1.29, 1.82) is 0 Å². The van der Waals surface area contributed by atoms with Gasteiger partial charge in [0.25, 0.3) is 0 Å². The Hall–Kier alpha value is -1.55. The lowest BCUT2D eigenvalue weighted by molar-refractivity contribution is -0.143. The smallest absolute Gasteiger partial charge is 0.412 e. The molecule has 1 aliphatic carbocycles. The van der Waals surface area contributed by atoms with Crippen LogP contribution in [0.5, 0.6) is 0 Å². The number of carbonyl (C=O) groups is 3. The standard InChI is InChI=1S/C22H37BrN2O7/c1-21(2,3)32-20(29)25-14(12-13-10-8-7-9-11-13)16(31-22(25,4)5)17(15(23)18(26)27)30-19(28)24-6/h13-17H,7-12H2,1-6H3,(H,24,28)(H,26,27)/t14-,15+,16+,17+/m0/s1. The zero-order chi connectivity index (χ0) is 24.3. The molecule has 0 spiro atoms. The number of ether oxygens (including phenoxy) is 3. The Morgan fingerprint density at radius 1 is 1.22 bits per heavy atom. The Kier molecular flexibility index (Phi) is 8.83. The second-order valence-corrected chi connectivity index (χ2v) is 11.0. The zero-order valence-corrected chi connectivity index (χ0v) is 21.4. The first-order chi connectivity index (χ1) is 14.8. The molecule has 1 aliphatic heterocycles. The molecule has 0 unspecified atom stereocenters. The zero-order valence-electron chi connectivity index (χ0n) is 19.9. The van der Waals surface area contributed by atoms with E-state index in [-0.39, 0.29) is 0 Å². The molecule has 0 bridgehead atoms. The highest BCUT2D eigenvalue weighted by molar-refractivity contribution is 9.10. The van der Waals surface area contributed by atoms with Crippen LogP contribution in [0.4, 0.5) is 9.59 Å². The van der Waals surface area contributed by atoms with Gasteiger partial charge in [0.2, 0.25) is 0 Å². The third kappa shape index (κ3) is 6.73. The fraction of sp³-hybridized carbons (Fsp3) is 0.864. The highest BCUT2D eigenvalue weighted by atomic mass is 79.9. The normalized spacial score (nSPS) is 25.7. The molecule has 10 heteroatoms. The Balaban J connectivity index is 2.45. The number of nitrogens with zero attached hydrogens (tertiary/aromatic N) is 1. The number of carboxylic acids is 1. The van der Waals surface area contributed by atoms with Crippen LogP contribution in [-0.2, 0) is 19.0 Å². The van der Waals surface area contributed by atoms with Crippen LogP contribution in [0.3, 0.4) is 0 Å². The summed E-state index contributed by atoms with van der Waals surface area (Å²) in [6.07, 6.45) is 2.78. The molecule has 0 aromatic heterocycles. The van der Waals surface area contributed by atoms with Gasteiger partial charge in [0.15, 0.2) is 10.9 Å². The summed E-state index contributed by atoms with van der Waals surface area (Å²) < 4.78 is 17.4. The molecule has 1 heterocycles. The minimum Gasteiger partial charge on any atom is -0.480 e. The van der Waals surface area contributed by atoms with Crippen molar-refractivity contribution in [3.63, 3.8) is 0 Å². The third-order valence-electron chi connectivity index (χ3n) is 5.90. The fourth-order valence-electron chi connectivity index (χ4n) is 4.59. The molecule has 1 saturated heterocycles. The number of carboxylic acid groups (broad SMARTS) is 1. The van der Waals surface area contributed by atoms with Crippen molar-refractivity contribution in [2.24, 2.45) is 5.92 Å². The van der Waals surface area contributed by atoms with Gasteiger partial charge in [0.05, 0.1) is 6.04 Å². The second-order valence-electron chi connectivity index (χ2n) is 10.0. The number of rotatable bonds is 6. The maximum atomic E-state index is 13.3. The quantitative estimate of drug-likeness (QED) is 0.502. The number of nitrogens with one attached hydrogen (secondary N) is 1. The van der Waals surface area contributed by atoms with Crippen molar-refractivity contribution >= 4 is 34.1 Å². The monoisotopic (exact) mass is 520 g/mol. The molecule has 32 heavy (non-hydrogen) atoms. The molecular weight excluding hydrogens is 484 g/mol. The minimum absolute atomic E-state index is 0.359. The van der Waals surface area contributed by atoms with Crippen molar-refractivity contribution in [2.45, 2.75) is 108 Å². The molecule has 9 nitrogen and oxygen atoms in total. The van der Waals surface area contributed by atoms with Crippen LogP contribution in [0, 0.1) is 5.92 Å². The fourth-order valence-corrected chi connectivity index (χ4v) is 5.00. The van der Waals surface area contributed by atoms with Crippen LogP contribution >= 0.6 is 15.9 Å². The van der Waals surface area contributed by atoms with Crippen molar-refractivity contribution < 1.29 is 33.7 Å². The Morgan fingerprint density at radius 2 is 1.81 bits per heavy atom. The summed E-state index contributed by atoms with van der Waals surface area (Å²) in [5.41, 5.74) is -1.79. The Morgan fingerprint density at radius 3 is 2.31 bits per heavy atom. The third-order valence-corrected chi connectivity index (χ3v) is 6.81. The van der Waals surface area contributed by atoms with E-state index in [9.17, 15) is 19.5 Å². The van der Waals surface area contributed by atoms with E-state index in [0.717, 1.165) is 25.7 Å². The van der Waals surface area contributed by atoms with Crippen LogP contribution in [0.25, 0.3) is 0 Å². The van der Waals surface area contributed by atoms with Gasteiger partial charge in [-0.25, -0.2) is 9.59 Å².